The summed E-state index contributed by atoms with van der Waals surface area (Å²) in [6.07, 6.45) is 3.21. The largest absolute Gasteiger partial charge is 0.373 e. The summed E-state index contributed by atoms with van der Waals surface area (Å²) in [6, 6.07) is 14.2. The standard InChI is InChI=1S/C20H18N6O2/c21-12-15-3-1-4-16(11-15)18-5-6-19(27)26(24-18)14-17-13-25(9-10-28-17)20-22-7-2-8-23-20/h1-8,11,17H,9-10,13-14H2. The van der Waals surface area contributed by atoms with Crippen LogP contribution in [0.5, 0.6) is 0 Å². The minimum Gasteiger partial charge on any atom is -0.373 e. The topological polar surface area (TPSA) is 96.9 Å². The molecule has 1 aromatic carbocycles. The van der Waals surface area contributed by atoms with E-state index in [1.165, 1.54) is 10.7 Å². The minimum absolute atomic E-state index is 0.197. The molecule has 0 N–H and O–H groups in total. The van der Waals surface area contributed by atoms with E-state index in [-0.39, 0.29) is 11.7 Å². The minimum atomic E-state index is -0.205. The molecule has 3 heterocycles. The van der Waals surface area contributed by atoms with E-state index in [1.54, 1.807) is 42.7 Å². The molecule has 0 amide bonds. The van der Waals surface area contributed by atoms with Crippen LogP contribution in [0.15, 0.2) is 59.7 Å². The molecule has 0 aliphatic carbocycles. The lowest BCUT2D eigenvalue weighted by Crippen LogP contribution is -2.46. The molecule has 8 nitrogen and oxygen atoms in total. The van der Waals surface area contributed by atoms with Crippen LogP contribution in [0.3, 0.4) is 0 Å². The van der Waals surface area contributed by atoms with Crippen molar-refractivity contribution in [3.63, 3.8) is 0 Å². The van der Waals surface area contributed by atoms with E-state index in [0.29, 0.717) is 43.4 Å². The highest BCUT2D eigenvalue weighted by Gasteiger charge is 2.23. The average Bonchev–Trinajstić information content (AvgIpc) is 2.76. The monoisotopic (exact) mass is 374 g/mol. The molecule has 1 unspecified atom stereocenters. The van der Waals surface area contributed by atoms with Gasteiger partial charge in [0.15, 0.2) is 0 Å². The van der Waals surface area contributed by atoms with E-state index in [9.17, 15) is 4.79 Å². The predicted octanol–water partition coefficient (Wildman–Crippen LogP) is 1.48. The molecule has 4 rings (SSSR count). The van der Waals surface area contributed by atoms with Gasteiger partial charge in [0.05, 0.1) is 36.6 Å². The Morgan fingerprint density at radius 2 is 2.04 bits per heavy atom. The Kier molecular flexibility index (Phi) is 5.08. The molecule has 1 atom stereocenters. The molecule has 0 saturated carbocycles. The Balaban J connectivity index is 1.54. The molecule has 8 heteroatoms. The first kappa shape index (κ1) is 17.8. The Labute approximate surface area is 161 Å². The first-order valence-corrected chi connectivity index (χ1v) is 8.95. The Hall–Kier alpha value is -3.57. The van der Waals surface area contributed by atoms with Crippen molar-refractivity contribution in [2.75, 3.05) is 24.6 Å². The molecule has 0 radical (unpaired) electrons. The number of benzene rings is 1. The van der Waals surface area contributed by atoms with Gasteiger partial charge in [-0.1, -0.05) is 12.1 Å². The number of nitriles is 1. The fourth-order valence-corrected chi connectivity index (χ4v) is 3.14. The number of nitrogens with zero attached hydrogens (tertiary/aromatic N) is 6. The first-order chi connectivity index (χ1) is 13.7. The fourth-order valence-electron chi connectivity index (χ4n) is 3.14. The van der Waals surface area contributed by atoms with Crippen molar-refractivity contribution < 1.29 is 4.74 Å². The van der Waals surface area contributed by atoms with Gasteiger partial charge in [0.25, 0.3) is 5.56 Å². The van der Waals surface area contributed by atoms with Crippen molar-refractivity contribution >= 4 is 5.95 Å². The zero-order valence-electron chi connectivity index (χ0n) is 15.1. The fraction of sp³-hybridized carbons (Fsp3) is 0.250. The number of anilines is 1. The molecule has 0 bridgehead atoms. The van der Waals surface area contributed by atoms with Crippen molar-refractivity contribution in [2.24, 2.45) is 0 Å². The van der Waals surface area contributed by atoms with E-state index in [1.807, 2.05) is 11.0 Å². The van der Waals surface area contributed by atoms with Crippen molar-refractivity contribution in [1.82, 2.24) is 19.7 Å². The lowest BCUT2D eigenvalue weighted by molar-refractivity contribution is 0.0260. The van der Waals surface area contributed by atoms with E-state index in [0.717, 1.165) is 5.56 Å². The number of hydrogen-bond donors (Lipinski definition) is 0. The van der Waals surface area contributed by atoms with Crippen LogP contribution < -0.4 is 10.5 Å². The molecule has 1 aliphatic heterocycles. The number of hydrogen-bond acceptors (Lipinski definition) is 7. The molecule has 1 fully saturated rings. The molecule has 1 saturated heterocycles. The van der Waals surface area contributed by atoms with Gasteiger partial charge in [-0.15, -0.1) is 0 Å². The summed E-state index contributed by atoms with van der Waals surface area (Å²) in [7, 11) is 0. The third-order valence-corrected chi connectivity index (χ3v) is 4.50. The van der Waals surface area contributed by atoms with Crippen molar-refractivity contribution in [3.05, 3.63) is 70.8 Å². The van der Waals surface area contributed by atoms with Crippen LogP contribution in [-0.4, -0.2) is 45.5 Å². The van der Waals surface area contributed by atoms with Crippen LogP contribution in [0.2, 0.25) is 0 Å². The SMILES string of the molecule is N#Cc1cccc(-c2ccc(=O)n(CC3CN(c4ncccn4)CCO3)n2)c1. The molecule has 0 spiro atoms. The highest BCUT2D eigenvalue weighted by Crippen LogP contribution is 2.17. The summed E-state index contributed by atoms with van der Waals surface area (Å²) >= 11 is 0. The highest BCUT2D eigenvalue weighted by atomic mass is 16.5. The zero-order valence-corrected chi connectivity index (χ0v) is 15.1. The lowest BCUT2D eigenvalue weighted by Gasteiger charge is -2.32. The Morgan fingerprint density at radius 3 is 2.86 bits per heavy atom. The maximum atomic E-state index is 12.3. The van der Waals surface area contributed by atoms with Crippen LogP contribution in [0.25, 0.3) is 11.3 Å². The average molecular weight is 374 g/mol. The molecule has 28 heavy (non-hydrogen) atoms. The summed E-state index contributed by atoms with van der Waals surface area (Å²) < 4.78 is 7.24. The maximum absolute atomic E-state index is 12.3. The van der Waals surface area contributed by atoms with Gasteiger partial charge in [-0.25, -0.2) is 14.6 Å². The molecule has 140 valence electrons. The van der Waals surface area contributed by atoms with E-state index < -0.39 is 0 Å². The number of morpholine rings is 1. The van der Waals surface area contributed by atoms with Crippen LogP contribution in [-0.2, 0) is 11.3 Å². The van der Waals surface area contributed by atoms with Gasteiger partial charge in [-0.3, -0.25) is 4.79 Å². The quantitative estimate of drug-likeness (QED) is 0.682. The second-order valence-electron chi connectivity index (χ2n) is 6.42. The molecular weight excluding hydrogens is 356 g/mol. The normalized spacial score (nSPS) is 16.5. The molecule has 2 aromatic heterocycles. The van der Waals surface area contributed by atoms with Crippen molar-refractivity contribution in [3.8, 4) is 17.3 Å². The van der Waals surface area contributed by atoms with Gasteiger partial charge in [0, 0.05) is 37.1 Å². The Morgan fingerprint density at radius 1 is 1.18 bits per heavy atom. The van der Waals surface area contributed by atoms with Gasteiger partial charge < -0.3 is 9.64 Å². The smallest absolute Gasteiger partial charge is 0.266 e. The lowest BCUT2D eigenvalue weighted by atomic mass is 10.1. The molecule has 1 aliphatic rings. The van der Waals surface area contributed by atoms with Crippen LogP contribution in [0.4, 0.5) is 5.95 Å². The van der Waals surface area contributed by atoms with Crippen LogP contribution in [0, 0.1) is 11.3 Å². The van der Waals surface area contributed by atoms with Crippen molar-refractivity contribution in [2.45, 2.75) is 12.6 Å². The van der Waals surface area contributed by atoms with Crippen molar-refractivity contribution in [1.29, 1.82) is 5.26 Å². The van der Waals surface area contributed by atoms with Crippen LogP contribution >= 0.6 is 0 Å². The summed E-state index contributed by atoms with van der Waals surface area (Å²) in [5.74, 6) is 0.651. The second kappa shape index (κ2) is 7.98. The van der Waals surface area contributed by atoms with Gasteiger partial charge in [0.1, 0.15) is 0 Å². The maximum Gasteiger partial charge on any atom is 0.266 e. The molecule has 3 aromatic rings. The van der Waals surface area contributed by atoms with E-state index in [4.69, 9.17) is 10.00 Å². The third kappa shape index (κ3) is 3.89. The second-order valence-corrected chi connectivity index (χ2v) is 6.42. The zero-order chi connectivity index (χ0) is 19.3. The summed E-state index contributed by atoms with van der Waals surface area (Å²) in [4.78, 5) is 22.9. The van der Waals surface area contributed by atoms with Gasteiger partial charge in [0.2, 0.25) is 5.95 Å². The first-order valence-electron chi connectivity index (χ1n) is 8.95. The van der Waals surface area contributed by atoms with Gasteiger partial charge >= 0.3 is 0 Å². The summed E-state index contributed by atoms with van der Waals surface area (Å²) in [5.41, 5.74) is 1.77. The van der Waals surface area contributed by atoms with Gasteiger partial charge in [-0.05, 0) is 24.3 Å². The molecular formula is C20H18N6O2. The number of rotatable bonds is 4. The summed E-state index contributed by atoms with van der Waals surface area (Å²) in [5, 5.41) is 13.6. The number of aromatic nitrogens is 4. The highest BCUT2D eigenvalue weighted by molar-refractivity contribution is 5.60. The van der Waals surface area contributed by atoms with E-state index in [2.05, 4.69) is 21.1 Å². The summed E-state index contributed by atoms with van der Waals surface area (Å²) in [6.45, 7) is 2.13. The Bertz CT molecular complexity index is 1060. The van der Waals surface area contributed by atoms with Gasteiger partial charge in [-0.2, -0.15) is 10.4 Å². The van der Waals surface area contributed by atoms with Crippen LogP contribution in [0.1, 0.15) is 5.56 Å². The third-order valence-electron chi connectivity index (χ3n) is 4.50. The predicted molar refractivity (Wildman–Crippen MR) is 103 cm³/mol. The number of ether oxygens (including phenoxy) is 1. The van der Waals surface area contributed by atoms with E-state index >= 15 is 0 Å².